The summed E-state index contributed by atoms with van der Waals surface area (Å²) in [6.07, 6.45) is 5.46. The molecule has 1 rings (SSSR count). The largest absolute Gasteiger partial charge is 0.380 e. The molecule has 0 aromatic heterocycles. The van der Waals surface area contributed by atoms with Crippen LogP contribution in [0.25, 0.3) is 0 Å². The number of nitriles is 1. The average Bonchev–Trinajstić information content (AvgIpc) is 2.27. The zero-order valence-corrected chi connectivity index (χ0v) is 9.38. The second kappa shape index (κ2) is 5.36. The maximum Gasteiger partial charge on any atom is 0.0810 e. The first-order valence-corrected chi connectivity index (χ1v) is 5.75. The summed E-state index contributed by atoms with van der Waals surface area (Å²) in [5, 5.41) is 9.25. The van der Waals surface area contributed by atoms with Crippen LogP contribution in [0.4, 0.5) is 0 Å². The van der Waals surface area contributed by atoms with Crippen LogP contribution in [0.3, 0.4) is 0 Å². The van der Waals surface area contributed by atoms with E-state index in [0.29, 0.717) is 12.5 Å². The average molecular weight is 195 g/mol. The fraction of sp³-hybridized carbons (Fsp3) is 0.917. The van der Waals surface area contributed by atoms with Crippen LogP contribution in [0, 0.1) is 22.7 Å². The molecule has 80 valence electrons. The van der Waals surface area contributed by atoms with Crippen molar-refractivity contribution in [3.05, 3.63) is 0 Å². The third kappa shape index (κ3) is 2.72. The van der Waals surface area contributed by atoms with Gasteiger partial charge in [-0.2, -0.15) is 5.26 Å². The van der Waals surface area contributed by atoms with Gasteiger partial charge in [0.1, 0.15) is 0 Å². The smallest absolute Gasteiger partial charge is 0.0810 e. The van der Waals surface area contributed by atoms with Crippen LogP contribution in [0.2, 0.25) is 0 Å². The van der Waals surface area contributed by atoms with Crippen molar-refractivity contribution in [1.29, 1.82) is 5.26 Å². The Bertz CT molecular complexity index is 197. The van der Waals surface area contributed by atoms with Crippen LogP contribution < -0.4 is 0 Å². The van der Waals surface area contributed by atoms with Gasteiger partial charge in [-0.1, -0.05) is 26.7 Å². The highest BCUT2D eigenvalue weighted by atomic mass is 16.5. The molecule has 1 unspecified atom stereocenters. The fourth-order valence-electron chi connectivity index (χ4n) is 2.28. The molecule has 1 atom stereocenters. The highest BCUT2D eigenvalue weighted by Crippen LogP contribution is 2.36. The van der Waals surface area contributed by atoms with Gasteiger partial charge in [0.2, 0.25) is 0 Å². The zero-order valence-electron chi connectivity index (χ0n) is 9.38. The summed E-state index contributed by atoms with van der Waals surface area (Å²) in [5.74, 6) is 0.691. The summed E-state index contributed by atoms with van der Waals surface area (Å²) < 4.78 is 5.44. The van der Waals surface area contributed by atoms with Crippen LogP contribution in [0.1, 0.15) is 46.0 Å². The highest BCUT2D eigenvalue weighted by molar-refractivity contribution is 5.01. The molecule has 0 amide bonds. The summed E-state index contributed by atoms with van der Waals surface area (Å²) >= 11 is 0. The lowest BCUT2D eigenvalue weighted by Gasteiger charge is -2.33. The van der Waals surface area contributed by atoms with Gasteiger partial charge in [-0.05, 0) is 25.2 Å². The normalized spacial score (nSPS) is 27.6. The molecule has 2 heteroatoms. The minimum atomic E-state index is -0.172. The lowest BCUT2D eigenvalue weighted by Crippen LogP contribution is -2.32. The van der Waals surface area contributed by atoms with E-state index in [-0.39, 0.29) is 5.41 Å². The molecule has 0 spiro atoms. The molecule has 1 aliphatic rings. The number of nitrogens with zero attached hydrogens (tertiary/aromatic N) is 1. The molecular formula is C12H21NO. The lowest BCUT2D eigenvalue weighted by molar-refractivity contribution is 0.00953. The van der Waals surface area contributed by atoms with E-state index in [1.807, 2.05) is 0 Å². The van der Waals surface area contributed by atoms with E-state index >= 15 is 0 Å². The van der Waals surface area contributed by atoms with Crippen molar-refractivity contribution in [3.63, 3.8) is 0 Å². The lowest BCUT2D eigenvalue weighted by atomic mass is 9.75. The molecule has 0 aromatic carbocycles. The summed E-state index contributed by atoms with van der Waals surface area (Å²) in [7, 11) is 0. The minimum absolute atomic E-state index is 0.172. The molecule has 1 saturated heterocycles. The Hall–Kier alpha value is -0.550. The molecule has 1 heterocycles. The molecule has 2 nitrogen and oxygen atoms in total. The number of ether oxygens (including phenoxy) is 1. The van der Waals surface area contributed by atoms with Crippen molar-refractivity contribution >= 4 is 0 Å². The molecule has 0 aliphatic carbocycles. The van der Waals surface area contributed by atoms with Crippen LogP contribution in [0.5, 0.6) is 0 Å². The van der Waals surface area contributed by atoms with E-state index in [4.69, 9.17) is 4.74 Å². The van der Waals surface area contributed by atoms with Gasteiger partial charge in [-0.25, -0.2) is 0 Å². The van der Waals surface area contributed by atoms with Crippen molar-refractivity contribution < 1.29 is 4.74 Å². The third-order valence-corrected chi connectivity index (χ3v) is 3.39. The van der Waals surface area contributed by atoms with E-state index in [2.05, 4.69) is 19.9 Å². The molecule has 14 heavy (non-hydrogen) atoms. The first-order chi connectivity index (χ1) is 6.76. The van der Waals surface area contributed by atoms with Crippen molar-refractivity contribution in [3.8, 4) is 6.07 Å². The number of rotatable bonds is 4. The first kappa shape index (κ1) is 11.5. The second-order valence-corrected chi connectivity index (χ2v) is 4.43. The molecule has 0 N–H and O–H groups in total. The van der Waals surface area contributed by atoms with Crippen LogP contribution >= 0.6 is 0 Å². The van der Waals surface area contributed by atoms with Gasteiger partial charge in [-0.3, -0.25) is 0 Å². The molecule has 0 saturated carbocycles. The minimum Gasteiger partial charge on any atom is -0.380 e. The predicted octanol–water partition coefficient (Wildman–Crippen LogP) is 3.13. The summed E-state index contributed by atoms with van der Waals surface area (Å²) in [4.78, 5) is 0. The highest BCUT2D eigenvalue weighted by Gasteiger charge is 2.34. The Balaban J connectivity index is 2.56. The molecule has 1 aliphatic heterocycles. The molecule has 0 aromatic rings. The molecule has 0 bridgehead atoms. The van der Waals surface area contributed by atoms with Crippen LogP contribution in [0.15, 0.2) is 0 Å². The van der Waals surface area contributed by atoms with E-state index in [9.17, 15) is 5.26 Å². The van der Waals surface area contributed by atoms with Gasteiger partial charge in [0.15, 0.2) is 0 Å². The predicted molar refractivity (Wildman–Crippen MR) is 56.8 cm³/mol. The number of hydrogen-bond donors (Lipinski definition) is 0. The first-order valence-electron chi connectivity index (χ1n) is 5.75. The van der Waals surface area contributed by atoms with Gasteiger partial charge in [0.05, 0.1) is 18.1 Å². The Labute approximate surface area is 87.3 Å². The van der Waals surface area contributed by atoms with Gasteiger partial charge in [0.25, 0.3) is 0 Å². The van der Waals surface area contributed by atoms with Crippen molar-refractivity contribution in [2.75, 3.05) is 13.2 Å². The van der Waals surface area contributed by atoms with E-state index in [0.717, 1.165) is 25.9 Å². The van der Waals surface area contributed by atoms with Crippen LogP contribution in [-0.2, 0) is 4.74 Å². The summed E-state index contributed by atoms with van der Waals surface area (Å²) in [6, 6.07) is 2.49. The standard InChI is InChI=1S/C12H21NO/c1-3-11(4-2)8-12(9-13)6-5-7-14-10-12/h11H,3-8,10H2,1-2H3. The maximum absolute atomic E-state index is 9.25. The fourth-order valence-corrected chi connectivity index (χ4v) is 2.28. The van der Waals surface area contributed by atoms with Crippen molar-refractivity contribution in [2.45, 2.75) is 46.0 Å². The second-order valence-electron chi connectivity index (χ2n) is 4.43. The van der Waals surface area contributed by atoms with Gasteiger partial charge in [-0.15, -0.1) is 0 Å². The van der Waals surface area contributed by atoms with E-state index in [1.165, 1.54) is 12.8 Å². The quantitative estimate of drug-likeness (QED) is 0.690. The van der Waals surface area contributed by atoms with Crippen molar-refractivity contribution in [2.24, 2.45) is 11.3 Å². The van der Waals surface area contributed by atoms with Gasteiger partial charge in [0, 0.05) is 6.61 Å². The SMILES string of the molecule is CCC(CC)CC1(C#N)CCCOC1. The molecular weight excluding hydrogens is 174 g/mol. The Morgan fingerprint density at radius 2 is 2.14 bits per heavy atom. The maximum atomic E-state index is 9.25. The van der Waals surface area contributed by atoms with Gasteiger partial charge >= 0.3 is 0 Å². The van der Waals surface area contributed by atoms with Crippen LogP contribution in [-0.4, -0.2) is 13.2 Å². The van der Waals surface area contributed by atoms with E-state index in [1.54, 1.807) is 0 Å². The van der Waals surface area contributed by atoms with Gasteiger partial charge < -0.3 is 4.74 Å². The summed E-state index contributed by atoms with van der Waals surface area (Å²) in [6.45, 7) is 5.91. The topological polar surface area (TPSA) is 33.0 Å². The molecule has 1 fully saturated rings. The van der Waals surface area contributed by atoms with E-state index < -0.39 is 0 Å². The van der Waals surface area contributed by atoms with Crippen molar-refractivity contribution in [1.82, 2.24) is 0 Å². The Kier molecular flexibility index (Phi) is 4.41. The molecule has 0 radical (unpaired) electrons. The Morgan fingerprint density at radius 1 is 1.43 bits per heavy atom. The monoisotopic (exact) mass is 195 g/mol. The number of hydrogen-bond acceptors (Lipinski definition) is 2. The zero-order chi connectivity index (χ0) is 10.4. The summed E-state index contributed by atoms with van der Waals surface area (Å²) in [5.41, 5.74) is -0.172. The third-order valence-electron chi connectivity index (χ3n) is 3.39. The Morgan fingerprint density at radius 3 is 2.57 bits per heavy atom.